The summed E-state index contributed by atoms with van der Waals surface area (Å²) in [7, 11) is 0. The summed E-state index contributed by atoms with van der Waals surface area (Å²) in [5.41, 5.74) is -1.06. The van der Waals surface area contributed by atoms with E-state index in [2.05, 4.69) is 11.0 Å². The molecule has 0 radical (unpaired) electrons. The molecule has 1 unspecified atom stereocenters. The van der Waals surface area contributed by atoms with E-state index in [0.29, 0.717) is 13.0 Å². The van der Waals surface area contributed by atoms with Crippen LogP contribution in [0.2, 0.25) is 0 Å². The zero-order chi connectivity index (χ0) is 13.1. The zero-order valence-electron chi connectivity index (χ0n) is 11.0. The van der Waals surface area contributed by atoms with Gasteiger partial charge >= 0.3 is 5.97 Å². The van der Waals surface area contributed by atoms with Gasteiger partial charge in [-0.1, -0.05) is 6.92 Å². The van der Waals surface area contributed by atoms with Crippen molar-refractivity contribution in [2.24, 2.45) is 5.41 Å². The highest BCUT2D eigenvalue weighted by molar-refractivity contribution is 5.79. The second-order valence-corrected chi connectivity index (χ2v) is 5.53. The van der Waals surface area contributed by atoms with Gasteiger partial charge in [-0.3, -0.25) is 9.69 Å². The van der Waals surface area contributed by atoms with Gasteiger partial charge < -0.3 is 5.11 Å². The van der Waals surface area contributed by atoms with Gasteiger partial charge in [-0.25, -0.2) is 0 Å². The van der Waals surface area contributed by atoms with E-state index in [9.17, 15) is 9.90 Å². The van der Waals surface area contributed by atoms with E-state index >= 15 is 0 Å². The van der Waals surface area contributed by atoms with Gasteiger partial charge in [0.2, 0.25) is 0 Å². The van der Waals surface area contributed by atoms with Gasteiger partial charge in [-0.15, -0.1) is 0 Å². The average Bonchev–Trinajstić information content (AvgIpc) is 2.70. The molecule has 1 fully saturated rings. The molecule has 0 bridgehead atoms. The molecular formula is C13H22N2O2. The third kappa shape index (κ3) is 2.78. The molecule has 0 amide bonds. The highest BCUT2D eigenvalue weighted by Crippen LogP contribution is 2.34. The molecule has 0 aromatic heterocycles. The summed E-state index contributed by atoms with van der Waals surface area (Å²) >= 11 is 0. The van der Waals surface area contributed by atoms with Crippen LogP contribution in [0.3, 0.4) is 0 Å². The van der Waals surface area contributed by atoms with Crippen molar-refractivity contribution in [2.75, 3.05) is 13.1 Å². The van der Waals surface area contributed by atoms with Crippen LogP contribution in [0, 0.1) is 16.7 Å². The molecule has 0 saturated carbocycles. The molecule has 0 spiro atoms. The fourth-order valence-corrected chi connectivity index (χ4v) is 2.52. The van der Waals surface area contributed by atoms with Crippen LogP contribution in [0.1, 0.15) is 46.5 Å². The first kappa shape index (κ1) is 14.0. The second kappa shape index (κ2) is 5.05. The lowest BCUT2D eigenvalue weighted by Crippen LogP contribution is -2.50. The Kier molecular flexibility index (Phi) is 4.16. The summed E-state index contributed by atoms with van der Waals surface area (Å²) < 4.78 is 0. The zero-order valence-corrected chi connectivity index (χ0v) is 11.0. The van der Waals surface area contributed by atoms with Crippen molar-refractivity contribution in [3.63, 3.8) is 0 Å². The fourth-order valence-electron chi connectivity index (χ4n) is 2.52. The minimum Gasteiger partial charge on any atom is -0.480 e. The van der Waals surface area contributed by atoms with Crippen LogP contribution in [0.25, 0.3) is 0 Å². The molecule has 0 aromatic rings. The molecule has 17 heavy (non-hydrogen) atoms. The average molecular weight is 238 g/mol. The lowest BCUT2D eigenvalue weighted by atomic mass is 9.89. The Hall–Kier alpha value is -1.08. The van der Waals surface area contributed by atoms with Gasteiger partial charge in [0.15, 0.2) is 0 Å². The molecule has 4 heteroatoms. The minimum absolute atomic E-state index is 0.374. The fraction of sp³-hybridized carbons (Fsp3) is 0.846. The van der Waals surface area contributed by atoms with Gasteiger partial charge in [0.25, 0.3) is 0 Å². The van der Waals surface area contributed by atoms with Gasteiger partial charge in [0.05, 0.1) is 11.5 Å². The molecule has 96 valence electrons. The monoisotopic (exact) mass is 238 g/mol. The number of hydrogen-bond donors (Lipinski definition) is 1. The van der Waals surface area contributed by atoms with E-state index in [0.717, 1.165) is 25.8 Å². The molecule has 0 aliphatic carbocycles. The van der Waals surface area contributed by atoms with Gasteiger partial charge in [-0.2, -0.15) is 5.26 Å². The van der Waals surface area contributed by atoms with Crippen molar-refractivity contribution < 1.29 is 9.90 Å². The van der Waals surface area contributed by atoms with Crippen LogP contribution >= 0.6 is 0 Å². The minimum atomic E-state index is -0.715. The number of carboxylic acids is 1. The highest BCUT2D eigenvalue weighted by Gasteiger charge is 2.46. The smallest absolute Gasteiger partial charge is 0.324 e. The molecule has 1 atom stereocenters. The standard InChI is InChI=1S/C13H22N2O2/c1-4-13(11(16)17)6-5-8-15(13)9-7-12(2,3)10-14/h4-9H2,1-3H3,(H,16,17). The van der Waals surface area contributed by atoms with E-state index in [1.165, 1.54) is 0 Å². The first-order valence-corrected chi connectivity index (χ1v) is 6.28. The Bertz CT molecular complexity index is 333. The number of hydrogen-bond acceptors (Lipinski definition) is 3. The lowest BCUT2D eigenvalue weighted by Gasteiger charge is -2.35. The largest absolute Gasteiger partial charge is 0.480 e. The van der Waals surface area contributed by atoms with E-state index < -0.39 is 11.5 Å². The molecule has 1 N–H and O–H groups in total. The third-order valence-electron chi connectivity index (χ3n) is 3.92. The van der Waals surface area contributed by atoms with E-state index in [4.69, 9.17) is 5.26 Å². The highest BCUT2D eigenvalue weighted by atomic mass is 16.4. The molecule has 1 aliphatic heterocycles. The van der Waals surface area contributed by atoms with Crippen molar-refractivity contribution in [2.45, 2.75) is 52.0 Å². The van der Waals surface area contributed by atoms with Crippen LogP contribution in [0.15, 0.2) is 0 Å². The van der Waals surface area contributed by atoms with Gasteiger partial charge in [0, 0.05) is 6.54 Å². The van der Waals surface area contributed by atoms with Gasteiger partial charge in [-0.05, 0) is 46.1 Å². The summed E-state index contributed by atoms with van der Waals surface area (Å²) in [6.45, 7) is 7.26. The Balaban J connectivity index is 2.71. The molecular weight excluding hydrogens is 216 g/mol. The third-order valence-corrected chi connectivity index (χ3v) is 3.92. The molecule has 1 heterocycles. The lowest BCUT2D eigenvalue weighted by molar-refractivity contribution is -0.150. The maximum atomic E-state index is 11.5. The Morgan fingerprint density at radius 2 is 2.24 bits per heavy atom. The Morgan fingerprint density at radius 1 is 1.59 bits per heavy atom. The van der Waals surface area contributed by atoms with E-state index in [1.807, 2.05) is 20.8 Å². The maximum absolute atomic E-state index is 11.5. The first-order chi connectivity index (χ1) is 7.88. The number of nitrogens with zero attached hydrogens (tertiary/aromatic N) is 2. The summed E-state index contributed by atoms with van der Waals surface area (Å²) in [6, 6.07) is 2.27. The summed E-state index contributed by atoms with van der Waals surface area (Å²) in [4.78, 5) is 13.5. The van der Waals surface area contributed by atoms with Crippen LogP contribution < -0.4 is 0 Å². The number of likely N-dealkylation sites (tertiary alicyclic amines) is 1. The number of aliphatic carboxylic acids is 1. The number of rotatable bonds is 5. The van der Waals surface area contributed by atoms with Crippen LogP contribution in [-0.2, 0) is 4.79 Å². The normalized spacial score (nSPS) is 25.8. The first-order valence-electron chi connectivity index (χ1n) is 6.28. The van der Waals surface area contributed by atoms with Crippen molar-refractivity contribution in [3.05, 3.63) is 0 Å². The maximum Gasteiger partial charge on any atom is 0.324 e. The molecule has 0 aromatic carbocycles. The number of carboxylic acid groups (broad SMARTS) is 1. The van der Waals surface area contributed by atoms with Crippen molar-refractivity contribution >= 4 is 5.97 Å². The van der Waals surface area contributed by atoms with E-state index in [1.54, 1.807) is 0 Å². The summed E-state index contributed by atoms with van der Waals surface area (Å²) in [6.07, 6.45) is 3.02. The van der Waals surface area contributed by atoms with E-state index in [-0.39, 0.29) is 5.41 Å². The van der Waals surface area contributed by atoms with Crippen LogP contribution in [0.4, 0.5) is 0 Å². The quantitative estimate of drug-likeness (QED) is 0.798. The SMILES string of the molecule is CCC1(C(=O)O)CCCN1CCC(C)(C)C#N. The van der Waals surface area contributed by atoms with Crippen molar-refractivity contribution in [3.8, 4) is 6.07 Å². The van der Waals surface area contributed by atoms with Crippen LogP contribution in [-0.4, -0.2) is 34.6 Å². The van der Waals surface area contributed by atoms with Crippen molar-refractivity contribution in [1.29, 1.82) is 5.26 Å². The molecule has 4 nitrogen and oxygen atoms in total. The molecule has 1 rings (SSSR count). The summed E-state index contributed by atoms with van der Waals surface area (Å²) in [5.74, 6) is -0.715. The summed E-state index contributed by atoms with van der Waals surface area (Å²) in [5, 5.41) is 18.4. The predicted molar refractivity (Wildman–Crippen MR) is 65.5 cm³/mol. The second-order valence-electron chi connectivity index (χ2n) is 5.53. The Labute approximate surface area is 103 Å². The van der Waals surface area contributed by atoms with Crippen LogP contribution in [0.5, 0.6) is 0 Å². The number of nitriles is 1. The molecule has 1 saturated heterocycles. The van der Waals surface area contributed by atoms with Gasteiger partial charge in [0.1, 0.15) is 5.54 Å². The predicted octanol–water partition coefficient (Wildman–Crippen LogP) is 2.26. The molecule has 1 aliphatic rings. The van der Waals surface area contributed by atoms with Crippen molar-refractivity contribution in [1.82, 2.24) is 4.90 Å². The Morgan fingerprint density at radius 3 is 2.71 bits per heavy atom. The number of carbonyl (C=O) groups is 1. The topological polar surface area (TPSA) is 64.3 Å².